The molecule has 2 aliphatic heterocycles. The van der Waals surface area contributed by atoms with Gasteiger partial charge in [0.05, 0.1) is 14.9 Å². The van der Waals surface area contributed by atoms with Crippen molar-refractivity contribution in [2.24, 2.45) is 0 Å². The number of nitro groups is 2. The lowest BCUT2D eigenvalue weighted by Gasteiger charge is -2.36. The van der Waals surface area contributed by atoms with Crippen molar-refractivity contribution in [3.63, 3.8) is 0 Å². The molecule has 0 aromatic heterocycles. The Morgan fingerprint density at radius 2 is 1.50 bits per heavy atom. The molecule has 1 amide bonds. The van der Waals surface area contributed by atoms with Crippen LogP contribution in [0.1, 0.15) is 23.2 Å². The first kappa shape index (κ1) is 21.8. The number of benzene rings is 2. The molecule has 0 bridgehead atoms. The highest BCUT2D eigenvalue weighted by Gasteiger charge is 2.30. The molecule has 2 aliphatic rings. The molecule has 2 aromatic carbocycles. The van der Waals surface area contributed by atoms with Gasteiger partial charge in [-0.25, -0.2) is 0 Å². The number of carbonyl (C=O) groups is 1. The Bertz CT molecular complexity index is 1060. The largest absolute Gasteiger partial charge is 0.366 e. The molecule has 32 heavy (non-hydrogen) atoms. The molecule has 0 spiro atoms. The number of hydrogen-bond donors (Lipinski definition) is 0. The van der Waals surface area contributed by atoms with Crippen LogP contribution in [0.15, 0.2) is 36.4 Å². The van der Waals surface area contributed by atoms with Crippen molar-refractivity contribution < 1.29 is 14.6 Å². The number of nitrogens with zero attached hydrogens (tertiary/aromatic N) is 5. The van der Waals surface area contributed by atoms with E-state index in [1.54, 1.807) is 28.0 Å². The number of para-hydroxylation sites is 1. The van der Waals surface area contributed by atoms with Crippen molar-refractivity contribution in [1.29, 1.82) is 0 Å². The van der Waals surface area contributed by atoms with Crippen molar-refractivity contribution in [2.45, 2.75) is 12.8 Å². The maximum absolute atomic E-state index is 13.0. The van der Waals surface area contributed by atoms with Crippen molar-refractivity contribution in [3.05, 3.63) is 67.2 Å². The molecular formula is C21H22ClN5O5. The molecule has 4 rings (SSSR count). The molecule has 0 unspecified atom stereocenters. The Labute approximate surface area is 189 Å². The zero-order valence-electron chi connectivity index (χ0n) is 17.3. The Balaban J connectivity index is 1.50. The van der Waals surface area contributed by atoms with Crippen LogP contribution in [0.4, 0.5) is 22.7 Å². The van der Waals surface area contributed by atoms with Crippen molar-refractivity contribution in [1.82, 2.24) is 4.90 Å². The third kappa shape index (κ3) is 4.18. The van der Waals surface area contributed by atoms with Crippen molar-refractivity contribution in [3.8, 4) is 0 Å². The van der Waals surface area contributed by atoms with E-state index in [1.807, 2.05) is 4.90 Å². The Kier molecular flexibility index (Phi) is 6.13. The lowest BCUT2D eigenvalue weighted by Crippen LogP contribution is -2.49. The van der Waals surface area contributed by atoms with Crippen molar-refractivity contribution >= 4 is 40.3 Å². The van der Waals surface area contributed by atoms with E-state index in [2.05, 4.69) is 0 Å². The average Bonchev–Trinajstić information content (AvgIpc) is 3.33. The highest BCUT2D eigenvalue weighted by atomic mass is 35.5. The van der Waals surface area contributed by atoms with Gasteiger partial charge in [0.2, 0.25) is 0 Å². The van der Waals surface area contributed by atoms with Gasteiger partial charge in [-0.1, -0.05) is 17.7 Å². The van der Waals surface area contributed by atoms with E-state index in [9.17, 15) is 25.0 Å². The SMILES string of the molecule is O=C(c1ccc(N2CCCC2)c([N+](=O)[O-])c1)N1CCN(c2c(Cl)cccc2[N+](=O)[O-])CC1. The Hall–Kier alpha value is -3.40. The van der Waals surface area contributed by atoms with Crippen LogP contribution in [-0.2, 0) is 0 Å². The Morgan fingerprint density at radius 1 is 0.844 bits per heavy atom. The molecule has 11 heteroatoms. The lowest BCUT2D eigenvalue weighted by molar-refractivity contribution is -0.384. The van der Waals surface area contributed by atoms with E-state index in [-0.39, 0.29) is 27.9 Å². The first-order chi connectivity index (χ1) is 15.4. The zero-order chi connectivity index (χ0) is 22.8. The third-order valence-corrected chi connectivity index (χ3v) is 6.22. The maximum Gasteiger partial charge on any atom is 0.294 e. The van der Waals surface area contributed by atoms with Crippen LogP contribution in [-0.4, -0.2) is 59.9 Å². The molecule has 0 radical (unpaired) electrons. The molecule has 2 aromatic rings. The summed E-state index contributed by atoms with van der Waals surface area (Å²) >= 11 is 6.22. The number of anilines is 2. The van der Waals surface area contributed by atoms with Gasteiger partial charge in [-0.3, -0.25) is 25.0 Å². The molecule has 10 nitrogen and oxygen atoms in total. The molecule has 2 fully saturated rings. The van der Waals surface area contributed by atoms with Crippen LogP contribution in [0, 0.1) is 20.2 Å². The molecule has 0 N–H and O–H groups in total. The zero-order valence-corrected chi connectivity index (χ0v) is 18.0. The van der Waals surface area contributed by atoms with Crippen LogP contribution < -0.4 is 9.80 Å². The minimum Gasteiger partial charge on any atom is -0.366 e. The molecule has 0 saturated carbocycles. The summed E-state index contributed by atoms with van der Waals surface area (Å²) in [6.07, 6.45) is 1.98. The molecule has 2 heterocycles. The van der Waals surface area contributed by atoms with Gasteiger partial charge in [0.25, 0.3) is 17.3 Å². The van der Waals surface area contributed by atoms with Crippen LogP contribution in [0.2, 0.25) is 5.02 Å². The number of hydrogen-bond acceptors (Lipinski definition) is 7. The summed E-state index contributed by atoms with van der Waals surface area (Å²) in [6, 6.07) is 9.17. The topological polar surface area (TPSA) is 113 Å². The summed E-state index contributed by atoms with van der Waals surface area (Å²) < 4.78 is 0. The van der Waals surface area contributed by atoms with Crippen LogP contribution in [0.5, 0.6) is 0 Å². The lowest BCUT2D eigenvalue weighted by atomic mass is 10.1. The second-order valence-corrected chi connectivity index (χ2v) is 8.21. The first-order valence-electron chi connectivity index (χ1n) is 10.4. The number of piperazine rings is 1. The van der Waals surface area contributed by atoms with Gasteiger partial charge >= 0.3 is 0 Å². The van der Waals surface area contributed by atoms with Gasteiger partial charge < -0.3 is 14.7 Å². The van der Waals surface area contributed by atoms with E-state index in [1.165, 1.54) is 18.2 Å². The normalized spacial score (nSPS) is 16.3. The standard InChI is InChI=1S/C21H22ClN5O5/c22-16-4-3-5-18(26(29)30)20(16)24-10-12-25(13-11-24)21(28)15-6-7-17(19(14-15)27(31)32)23-8-1-2-9-23/h3-7,14H,1-2,8-13H2. The summed E-state index contributed by atoms with van der Waals surface area (Å²) in [7, 11) is 0. The monoisotopic (exact) mass is 459 g/mol. The summed E-state index contributed by atoms with van der Waals surface area (Å²) in [6.45, 7) is 2.91. The number of halogens is 1. The molecule has 0 aliphatic carbocycles. The fourth-order valence-electron chi connectivity index (χ4n) is 4.31. The second kappa shape index (κ2) is 8.99. The van der Waals surface area contributed by atoms with Crippen LogP contribution in [0.25, 0.3) is 0 Å². The van der Waals surface area contributed by atoms with Crippen LogP contribution >= 0.6 is 11.6 Å². The van der Waals surface area contributed by atoms with E-state index >= 15 is 0 Å². The molecule has 2 saturated heterocycles. The maximum atomic E-state index is 13.0. The van der Waals surface area contributed by atoms with Gasteiger partial charge in [0.1, 0.15) is 11.4 Å². The second-order valence-electron chi connectivity index (χ2n) is 7.80. The highest BCUT2D eigenvalue weighted by Crippen LogP contribution is 2.36. The minimum absolute atomic E-state index is 0.0666. The average molecular weight is 460 g/mol. The third-order valence-electron chi connectivity index (χ3n) is 5.91. The number of nitro benzene ring substituents is 2. The predicted molar refractivity (Wildman–Crippen MR) is 121 cm³/mol. The van der Waals surface area contributed by atoms with Gasteiger partial charge in [0.15, 0.2) is 0 Å². The number of amides is 1. The van der Waals surface area contributed by atoms with Crippen LogP contribution in [0.3, 0.4) is 0 Å². The van der Waals surface area contributed by atoms with Crippen molar-refractivity contribution in [2.75, 3.05) is 49.1 Å². The van der Waals surface area contributed by atoms with E-state index in [0.717, 1.165) is 25.9 Å². The quantitative estimate of drug-likeness (QED) is 0.494. The molecule has 0 atom stereocenters. The van der Waals surface area contributed by atoms with Gasteiger partial charge in [0, 0.05) is 57.0 Å². The molecule has 168 valence electrons. The highest BCUT2D eigenvalue weighted by molar-refractivity contribution is 6.33. The molecular weight excluding hydrogens is 438 g/mol. The summed E-state index contributed by atoms with van der Waals surface area (Å²) in [5, 5.41) is 23.3. The predicted octanol–water partition coefficient (Wildman–Crippen LogP) is 3.72. The summed E-state index contributed by atoms with van der Waals surface area (Å²) in [4.78, 5) is 40.5. The Morgan fingerprint density at radius 3 is 2.12 bits per heavy atom. The number of carbonyl (C=O) groups excluding carboxylic acids is 1. The van der Waals surface area contributed by atoms with E-state index < -0.39 is 9.85 Å². The van der Waals surface area contributed by atoms with E-state index in [4.69, 9.17) is 11.6 Å². The summed E-state index contributed by atoms with van der Waals surface area (Å²) in [5.41, 5.74) is 1.00. The first-order valence-corrected chi connectivity index (χ1v) is 10.7. The summed E-state index contributed by atoms with van der Waals surface area (Å²) in [5.74, 6) is -0.297. The van der Waals surface area contributed by atoms with Gasteiger partial charge in [-0.15, -0.1) is 0 Å². The fraction of sp³-hybridized carbons (Fsp3) is 0.381. The van der Waals surface area contributed by atoms with Gasteiger partial charge in [-0.2, -0.15) is 0 Å². The van der Waals surface area contributed by atoms with Gasteiger partial charge in [-0.05, 0) is 31.0 Å². The smallest absolute Gasteiger partial charge is 0.294 e. The van der Waals surface area contributed by atoms with E-state index in [0.29, 0.717) is 37.6 Å². The number of rotatable bonds is 5. The fourth-order valence-corrected chi connectivity index (χ4v) is 4.60. The minimum atomic E-state index is -0.472.